The van der Waals surface area contributed by atoms with E-state index in [-0.39, 0.29) is 12.2 Å². The van der Waals surface area contributed by atoms with Gasteiger partial charge in [-0.05, 0) is 79.1 Å². The van der Waals surface area contributed by atoms with E-state index in [4.69, 9.17) is 0 Å². The second-order valence-electron chi connectivity index (χ2n) is 10.4. The lowest BCUT2D eigenvalue weighted by molar-refractivity contribution is -0.139. The third-order valence-electron chi connectivity index (χ3n) is 7.34. The molecule has 1 aliphatic heterocycles. The van der Waals surface area contributed by atoms with Gasteiger partial charge in [0.15, 0.2) is 0 Å². The van der Waals surface area contributed by atoms with Gasteiger partial charge < -0.3 is 10.4 Å². The van der Waals surface area contributed by atoms with E-state index in [0.717, 1.165) is 60.9 Å². The van der Waals surface area contributed by atoms with E-state index in [2.05, 4.69) is 34.5 Å². The molecule has 0 spiro atoms. The zero-order chi connectivity index (χ0) is 28.0. The van der Waals surface area contributed by atoms with E-state index in [1.807, 2.05) is 49.4 Å². The third kappa shape index (κ3) is 7.77. The first-order chi connectivity index (χ1) is 18.6. The lowest BCUT2D eigenvalue weighted by Crippen LogP contribution is -2.42. The molecular formula is C31H36N2O5S. The fourth-order valence-corrected chi connectivity index (χ4v) is 5.93. The Morgan fingerprint density at radius 1 is 1.00 bits per heavy atom. The largest absolute Gasteiger partial charge is 0.480 e. The van der Waals surface area contributed by atoms with Crippen molar-refractivity contribution in [3.8, 4) is 11.1 Å². The van der Waals surface area contributed by atoms with Gasteiger partial charge in [-0.2, -0.15) is 0 Å². The van der Waals surface area contributed by atoms with Crippen LogP contribution >= 0.6 is 0 Å². The lowest BCUT2D eigenvalue weighted by atomic mass is 9.93. The Kier molecular flexibility index (Phi) is 9.20. The molecule has 1 aliphatic rings. The van der Waals surface area contributed by atoms with Crippen molar-refractivity contribution in [1.82, 2.24) is 10.2 Å². The molecule has 2 N–H and O–H groups in total. The molecule has 3 aromatic carbocycles. The molecule has 1 heterocycles. The van der Waals surface area contributed by atoms with Crippen LogP contribution < -0.4 is 5.32 Å². The van der Waals surface area contributed by atoms with E-state index < -0.39 is 27.8 Å². The number of carbonyl (C=O) groups excluding carboxylic acids is 1. The molecule has 1 amide bonds. The molecule has 4 rings (SSSR count). The maximum Gasteiger partial charge on any atom is 0.326 e. The summed E-state index contributed by atoms with van der Waals surface area (Å²) in [4.78, 5) is 27.6. The van der Waals surface area contributed by atoms with Crippen molar-refractivity contribution < 1.29 is 23.1 Å². The number of carbonyl (C=O) groups is 2. The number of hydrogen-bond donors (Lipinski definition) is 2. The topological polar surface area (TPSA) is 104 Å². The number of nitrogens with one attached hydrogen (secondary N) is 1. The van der Waals surface area contributed by atoms with Gasteiger partial charge in [-0.3, -0.25) is 9.69 Å². The number of carboxylic acid groups (broad SMARTS) is 1. The summed E-state index contributed by atoms with van der Waals surface area (Å²) in [6.45, 7) is 3.75. The summed E-state index contributed by atoms with van der Waals surface area (Å²) in [5.41, 5.74) is 5.39. The third-order valence-corrected chi connectivity index (χ3v) is 8.32. The van der Waals surface area contributed by atoms with Gasteiger partial charge in [-0.1, -0.05) is 60.7 Å². The average molecular weight is 549 g/mol. The molecule has 2 atom stereocenters. The van der Waals surface area contributed by atoms with Crippen LogP contribution in [0.2, 0.25) is 0 Å². The fraction of sp³-hybridized carbons (Fsp3) is 0.355. The van der Waals surface area contributed by atoms with E-state index in [9.17, 15) is 23.1 Å². The number of aliphatic carboxylic acids is 1. The van der Waals surface area contributed by atoms with E-state index in [1.165, 1.54) is 5.56 Å². The van der Waals surface area contributed by atoms with Gasteiger partial charge in [0, 0.05) is 24.4 Å². The number of benzene rings is 3. The van der Waals surface area contributed by atoms with Gasteiger partial charge in [0.1, 0.15) is 15.9 Å². The van der Waals surface area contributed by atoms with Crippen LogP contribution in [0.3, 0.4) is 0 Å². The molecule has 3 aromatic rings. The Balaban J connectivity index is 1.60. The van der Waals surface area contributed by atoms with Gasteiger partial charge in [-0.15, -0.1) is 0 Å². The summed E-state index contributed by atoms with van der Waals surface area (Å²) >= 11 is 0. The van der Waals surface area contributed by atoms with Crippen LogP contribution in [0, 0.1) is 6.92 Å². The molecule has 1 fully saturated rings. The van der Waals surface area contributed by atoms with Crippen molar-refractivity contribution in [3.05, 3.63) is 95.1 Å². The number of likely N-dealkylation sites (tertiary alicyclic amines) is 1. The Bertz CT molecular complexity index is 1420. The summed E-state index contributed by atoms with van der Waals surface area (Å²) in [7, 11) is -3.37. The van der Waals surface area contributed by atoms with Crippen LogP contribution in [0.5, 0.6) is 0 Å². The normalized spacial score (nSPS) is 16.6. The second-order valence-corrected chi connectivity index (χ2v) is 12.7. The molecular weight excluding hydrogens is 512 g/mol. The number of sulfone groups is 1. The van der Waals surface area contributed by atoms with Crippen molar-refractivity contribution in [2.45, 2.75) is 51.2 Å². The van der Waals surface area contributed by atoms with Crippen molar-refractivity contribution >= 4 is 21.7 Å². The van der Waals surface area contributed by atoms with Crippen molar-refractivity contribution in [2.75, 3.05) is 18.6 Å². The van der Waals surface area contributed by atoms with Crippen LogP contribution in [-0.2, 0) is 27.6 Å². The van der Waals surface area contributed by atoms with Crippen LogP contribution in [0.15, 0.2) is 72.8 Å². The number of rotatable bonds is 11. The number of hydrogen-bond acceptors (Lipinski definition) is 5. The average Bonchev–Trinajstić information content (AvgIpc) is 3.32. The zero-order valence-corrected chi connectivity index (χ0v) is 23.3. The van der Waals surface area contributed by atoms with E-state index in [1.54, 1.807) is 6.07 Å². The highest BCUT2D eigenvalue weighted by Crippen LogP contribution is 2.30. The Morgan fingerprint density at radius 3 is 2.41 bits per heavy atom. The fourth-order valence-electron chi connectivity index (χ4n) is 5.27. The first-order valence-corrected chi connectivity index (χ1v) is 15.3. The highest BCUT2D eigenvalue weighted by Gasteiger charge is 2.27. The highest BCUT2D eigenvalue weighted by atomic mass is 32.2. The van der Waals surface area contributed by atoms with Gasteiger partial charge in [0.2, 0.25) is 0 Å². The number of aryl methyl sites for hydroxylation is 1. The summed E-state index contributed by atoms with van der Waals surface area (Å²) < 4.78 is 23.2. The number of carboxylic acids is 1. The maximum atomic E-state index is 13.4. The summed E-state index contributed by atoms with van der Waals surface area (Å²) in [6.07, 6.45) is 4.13. The minimum Gasteiger partial charge on any atom is -0.480 e. The molecule has 7 nitrogen and oxygen atoms in total. The first-order valence-electron chi connectivity index (χ1n) is 13.3. The molecule has 39 heavy (non-hydrogen) atoms. The summed E-state index contributed by atoms with van der Waals surface area (Å²) in [6, 6.07) is 23.2. The van der Waals surface area contributed by atoms with Crippen molar-refractivity contribution in [2.24, 2.45) is 0 Å². The Labute approximate surface area is 230 Å². The predicted octanol–water partition coefficient (Wildman–Crippen LogP) is 4.49. The molecule has 8 heteroatoms. The first kappa shape index (κ1) is 28.5. The molecule has 1 saturated heterocycles. The summed E-state index contributed by atoms with van der Waals surface area (Å²) in [5, 5.41) is 12.2. The van der Waals surface area contributed by atoms with Crippen LogP contribution in [0.1, 0.15) is 46.3 Å². The predicted molar refractivity (Wildman–Crippen MR) is 153 cm³/mol. The molecule has 0 saturated carbocycles. The summed E-state index contributed by atoms with van der Waals surface area (Å²) in [5.74, 6) is -2.13. The molecule has 0 radical (unpaired) electrons. The number of nitrogens with zero attached hydrogens (tertiary/aromatic N) is 1. The molecule has 0 aliphatic carbocycles. The minimum absolute atomic E-state index is 0.199. The Hall–Kier alpha value is -3.49. The molecule has 206 valence electrons. The van der Waals surface area contributed by atoms with Gasteiger partial charge >= 0.3 is 5.97 Å². The number of amides is 1. The van der Waals surface area contributed by atoms with Gasteiger partial charge in [0.05, 0.1) is 5.75 Å². The lowest BCUT2D eigenvalue weighted by Gasteiger charge is -2.25. The highest BCUT2D eigenvalue weighted by molar-refractivity contribution is 7.90. The quantitative estimate of drug-likeness (QED) is 0.366. The van der Waals surface area contributed by atoms with Gasteiger partial charge in [0.25, 0.3) is 5.91 Å². The van der Waals surface area contributed by atoms with Crippen molar-refractivity contribution in [1.29, 1.82) is 0 Å². The standard InChI is InChI=1S/C31H36N2O5S/c1-22-9-6-7-13-26(22)28-20-24(21-33-17-8-12-25(33)19-23-10-4-3-5-11-23)14-15-27(28)30(34)32-29(31(35)36)16-18-39(2,37)38/h3-7,9-11,13-15,20,25,29H,8,12,16-19,21H2,1-2H3,(H,32,34)(H,35,36). The van der Waals surface area contributed by atoms with E-state index >= 15 is 0 Å². The molecule has 2 unspecified atom stereocenters. The second kappa shape index (κ2) is 12.6. The van der Waals surface area contributed by atoms with Gasteiger partial charge in [-0.25, -0.2) is 13.2 Å². The van der Waals surface area contributed by atoms with Crippen LogP contribution in [0.25, 0.3) is 11.1 Å². The monoisotopic (exact) mass is 548 g/mol. The zero-order valence-electron chi connectivity index (χ0n) is 22.5. The van der Waals surface area contributed by atoms with E-state index in [0.29, 0.717) is 11.6 Å². The molecule has 0 bridgehead atoms. The SMILES string of the molecule is Cc1ccccc1-c1cc(CN2CCCC2Cc2ccccc2)ccc1C(=O)NC(CCS(C)(=O)=O)C(=O)O. The smallest absolute Gasteiger partial charge is 0.326 e. The Morgan fingerprint density at radius 2 is 1.72 bits per heavy atom. The van der Waals surface area contributed by atoms with Crippen molar-refractivity contribution in [3.63, 3.8) is 0 Å². The maximum absolute atomic E-state index is 13.4. The molecule has 0 aromatic heterocycles. The van der Waals surface area contributed by atoms with Crippen LogP contribution in [-0.4, -0.2) is 60.9 Å². The minimum atomic E-state index is -3.37. The van der Waals surface area contributed by atoms with Crippen LogP contribution in [0.4, 0.5) is 0 Å².